The summed E-state index contributed by atoms with van der Waals surface area (Å²) in [7, 11) is 0. The summed E-state index contributed by atoms with van der Waals surface area (Å²) in [5.41, 5.74) is 6.65. The van der Waals surface area contributed by atoms with Crippen molar-refractivity contribution in [2.45, 2.75) is 6.92 Å². The minimum absolute atomic E-state index is 0.617. The largest absolute Gasteiger partial charge is 0.393 e. The number of rotatable bonds is 3. The number of anilines is 3. The third-order valence-corrected chi connectivity index (χ3v) is 2.52. The Kier molecular flexibility index (Phi) is 3.40. The van der Waals surface area contributed by atoms with Gasteiger partial charge in [-0.2, -0.15) is 0 Å². The molecule has 6 heteroatoms. The van der Waals surface area contributed by atoms with Gasteiger partial charge in [-0.05, 0) is 6.92 Å². The molecule has 0 atom stereocenters. The number of aromatic nitrogens is 2. The molecule has 0 bridgehead atoms. The van der Waals surface area contributed by atoms with Crippen LogP contribution in [0.2, 0.25) is 0 Å². The van der Waals surface area contributed by atoms with E-state index in [-0.39, 0.29) is 0 Å². The summed E-state index contributed by atoms with van der Waals surface area (Å²) in [6.45, 7) is 5.90. The first kappa shape index (κ1) is 10.9. The molecule has 1 fully saturated rings. The second kappa shape index (κ2) is 4.98. The maximum Gasteiger partial charge on any atom is 0.157 e. The minimum Gasteiger partial charge on any atom is -0.393 e. The van der Waals surface area contributed by atoms with Gasteiger partial charge in [-0.25, -0.2) is 9.97 Å². The summed E-state index contributed by atoms with van der Waals surface area (Å²) in [5, 5.41) is 3.12. The number of ether oxygens (including phenoxy) is 1. The molecule has 0 amide bonds. The lowest BCUT2D eigenvalue weighted by atomic mass is 10.3. The van der Waals surface area contributed by atoms with Gasteiger partial charge in [-0.1, -0.05) is 0 Å². The first-order chi connectivity index (χ1) is 7.83. The third-order valence-electron chi connectivity index (χ3n) is 2.52. The number of nitrogens with zero attached hydrogens (tertiary/aromatic N) is 3. The van der Waals surface area contributed by atoms with Crippen LogP contribution in [-0.4, -0.2) is 42.8 Å². The van der Waals surface area contributed by atoms with Crippen LogP contribution in [0.15, 0.2) is 6.33 Å². The minimum atomic E-state index is 0.617. The zero-order valence-corrected chi connectivity index (χ0v) is 9.44. The molecule has 1 aliphatic rings. The van der Waals surface area contributed by atoms with Crippen molar-refractivity contribution in [3.05, 3.63) is 6.33 Å². The molecule has 1 aliphatic heterocycles. The van der Waals surface area contributed by atoms with Crippen molar-refractivity contribution in [1.82, 2.24) is 9.97 Å². The first-order valence-electron chi connectivity index (χ1n) is 5.50. The maximum atomic E-state index is 6.03. The van der Waals surface area contributed by atoms with Gasteiger partial charge in [0.25, 0.3) is 0 Å². The van der Waals surface area contributed by atoms with Gasteiger partial charge < -0.3 is 20.7 Å². The normalized spacial score (nSPS) is 16.2. The lowest BCUT2D eigenvalue weighted by molar-refractivity contribution is 0.122. The van der Waals surface area contributed by atoms with Crippen LogP contribution in [0, 0.1) is 0 Å². The molecule has 0 aromatic carbocycles. The molecule has 88 valence electrons. The summed E-state index contributed by atoms with van der Waals surface area (Å²) >= 11 is 0. The van der Waals surface area contributed by atoms with Crippen molar-refractivity contribution in [2.24, 2.45) is 0 Å². The van der Waals surface area contributed by atoms with Crippen LogP contribution in [0.4, 0.5) is 17.3 Å². The molecule has 0 radical (unpaired) electrons. The maximum absolute atomic E-state index is 6.03. The van der Waals surface area contributed by atoms with E-state index in [1.165, 1.54) is 0 Å². The topological polar surface area (TPSA) is 76.3 Å². The van der Waals surface area contributed by atoms with E-state index < -0.39 is 0 Å². The Hall–Kier alpha value is -1.56. The number of nitrogens with one attached hydrogen (secondary N) is 1. The Morgan fingerprint density at radius 1 is 1.44 bits per heavy atom. The second-order valence-electron chi connectivity index (χ2n) is 3.59. The van der Waals surface area contributed by atoms with E-state index in [1.54, 1.807) is 6.33 Å². The molecule has 0 aliphatic carbocycles. The van der Waals surface area contributed by atoms with Gasteiger partial charge in [0.15, 0.2) is 11.6 Å². The zero-order valence-electron chi connectivity index (χ0n) is 9.44. The van der Waals surface area contributed by atoms with E-state index in [0.717, 1.165) is 38.7 Å². The van der Waals surface area contributed by atoms with Crippen LogP contribution in [0.3, 0.4) is 0 Å². The quantitative estimate of drug-likeness (QED) is 0.769. The Balaban J connectivity index is 2.22. The first-order valence-corrected chi connectivity index (χ1v) is 5.50. The number of hydrogen-bond acceptors (Lipinski definition) is 6. The number of nitrogen functional groups attached to an aromatic ring is 1. The summed E-state index contributed by atoms with van der Waals surface area (Å²) in [6, 6.07) is 0. The molecule has 6 nitrogen and oxygen atoms in total. The Morgan fingerprint density at radius 3 is 2.88 bits per heavy atom. The predicted molar refractivity (Wildman–Crippen MR) is 63.6 cm³/mol. The van der Waals surface area contributed by atoms with Gasteiger partial charge >= 0.3 is 0 Å². The summed E-state index contributed by atoms with van der Waals surface area (Å²) < 4.78 is 5.30. The van der Waals surface area contributed by atoms with Crippen molar-refractivity contribution in [3.63, 3.8) is 0 Å². The lowest BCUT2D eigenvalue weighted by Gasteiger charge is -2.28. The molecule has 16 heavy (non-hydrogen) atoms. The standard InChI is InChI=1S/C10H17N5O/c1-2-12-9-8(11)10(14-7-13-9)15-3-5-16-6-4-15/h7H,2-6,11H2,1H3,(H,12,13,14). The Labute approximate surface area is 94.8 Å². The number of morpholine rings is 1. The van der Waals surface area contributed by atoms with Crippen molar-refractivity contribution in [1.29, 1.82) is 0 Å². The average molecular weight is 223 g/mol. The molecule has 1 aromatic heterocycles. The van der Waals surface area contributed by atoms with Gasteiger partial charge in [0.1, 0.15) is 12.0 Å². The zero-order chi connectivity index (χ0) is 11.4. The SMILES string of the molecule is CCNc1ncnc(N2CCOCC2)c1N. The van der Waals surface area contributed by atoms with E-state index in [4.69, 9.17) is 10.5 Å². The van der Waals surface area contributed by atoms with Gasteiger partial charge in [0, 0.05) is 19.6 Å². The van der Waals surface area contributed by atoms with Gasteiger partial charge in [0.05, 0.1) is 13.2 Å². The lowest BCUT2D eigenvalue weighted by Crippen LogP contribution is -2.37. The fourth-order valence-electron chi connectivity index (χ4n) is 1.72. The molecule has 1 aromatic rings. The molecule has 0 spiro atoms. The van der Waals surface area contributed by atoms with Crippen LogP contribution >= 0.6 is 0 Å². The van der Waals surface area contributed by atoms with E-state index in [2.05, 4.69) is 20.2 Å². The van der Waals surface area contributed by atoms with Crippen LogP contribution in [0.1, 0.15) is 6.92 Å². The van der Waals surface area contributed by atoms with Crippen molar-refractivity contribution < 1.29 is 4.74 Å². The van der Waals surface area contributed by atoms with E-state index in [0.29, 0.717) is 11.5 Å². The Bertz CT molecular complexity index is 351. The molecule has 1 saturated heterocycles. The fourth-order valence-corrected chi connectivity index (χ4v) is 1.72. The highest BCUT2D eigenvalue weighted by atomic mass is 16.5. The molecule has 0 unspecified atom stereocenters. The Morgan fingerprint density at radius 2 is 2.19 bits per heavy atom. The molecular weight excluding hydrogens is 206 g/mol. The second-order valence-corrected chi connectivity index (χ2v) is 3.59. The summed E-state index contributed by atoms with van der Waals surface area (Å²) in [6.07, 6.45) is 1.54. The van der Waals surface area contributed by atoms with Crippen molar-refractivity contribution in [3.8, 4) is 0 Å². The van der Waals surface area contributed by atoms with Gasteiger partial charge in [-0.15, -0.1) is 0 Å². The molecule has 2 rings (SSSR count). The van der Waals surface area contributed by atoms with Crippen molar-refractivity contribution >= 4 is 17.3 Å². The predicted octanol–water partition coefficient (Wildman–Crippen LogP) is 0.327. The van der Waals surface area contributed by atoms with Gasteiger partial charge in [0.2, 0.25) is 0 Å². The fraction of sp³-hybridized carbons (Fsp3) is 0.600. The van der Waals surface area contributed by atoms with Gasteiger partial charge in [-0.3, -0.25) is 0 Å². The molecular formula is C10H17N5O. The monoisotopic (exact) mass is 223 g/mol. The third kappa shape index (κ3) is 2.16. The molecule has 2 heterocycles. The smallest absolute Gasteiger partial charge is 0.157 e. The average Bonchev–Trinajstić information content (AvgIpc) is 2.33. The molecule has 0 saturated carbocycles. The summed E-state index contributed by atoms with van der Waals surface area (Å²) in [4.78, 5) is 10.5. The van der Waals surface area contributed by atoms with Crippen LogP contribution in [-0.2, 0) is 4.74 Å². The van der Waals surface area contributed by atoms with E-state index in [1.807, 2.05) is 6.92 Å². The molecule has 3 N–H and O–H groups in total. The van der Waals surface area contributed by atoms with Crippen LogP contribution in [0.25, 0.3) is 0 Å². The highest BCUT2D eigenvalue weighted by Gasteiger charge is 2.17. The highest BCUT2D eigenvalue weighted by molar-refractivity contribution is 5.74. The number of hydrogen-bond donors (Lipinski definition) is 2. The van der Waals surface area contributed by atoms with Crippen molar-refractivity contribution in [2.75, 3.05) is 48.8 Å². The highest BCUT2D eigenvalue weighted by Crippen LogP contribution is 2.26. The van der Waals surface area contributed by atoms with Crippen LogP contribution < -0.4 is 16.0 Å². The van der Waals surface area contributed by atoms with E-state index >= 15 is 0 Å². The van der Waals surface area contributed by atoms with E-state index in [9.17, 15) is 0 Å². The summed E-state index contributed by atoms with van der Waals surface area (Å²) in [5.74, 6) is 1.51. The van der Waals surface area contributed by atoms with Crippen LogP contribution in [0.5, 0.6) is 0 Å². The number of nitrogens with two attached hydrogens (primary N) is 1.